The van der Waals surface area contributed by atoms with Gasteiger partial charge < -0.3 is 9.84 Å². The highest BCUT2D eigenvalue weighted by Gasteiger charge is 2.30. The van der Waals surface area contributed by atoms with Crippen LogP contribution >= 0.6 is 0 Å². The zero-order valence-electron chi connectivity index (χ0n) is 10.8. The fourth-order valence-corrected chi connectivity index (χ4v) is 1.92. The predicted octanol–water partition coefficient (Wildman–Crippen LogP) is 1.52. The summed E-state index contributed by atoms with van der Waals surface area (Å²) in [7, 11) is 1.51. The molecule has 20 heavy (non-hydrogen) atoms. The lowest BCUT2D eigenvalue weighted by molar-refractivity contribution is 0.0694. The number of carboxylic acid groups (broad SMARTS) is 1. The standard InChI is InChI=1S/C13H12N4O3/c1-20-10-4-9(15-6-16-10)12-14-5-8(13(18)19)11(17-12)7-2-3-7/h4-7H,2-3H2,1H3,(H,18,19). The van der Waals surface area contributed by atoms with Crippen LogP contribution in [0.25, 0.3) is 11.5 Å². The maximum Gasteiger partial charge on any atom is 0.339 e. The van der Waals surface area contributed by atoms with Gasteiger partial charge in [-0.15, -0.1) is 0 Å². The van der Waals surface area contributed by atoms with Gasteiger partial charge in [0.15, 0.2) is 5.82 Å². The molecule has 0 spiro atoms. The minimum Gasteiger partial charge on any atom is -0.481 e. The number of hydrogen-bond donors (Lipinski definition) is 1. The van der Waals surface area contributed by atoms with Crippen molar-refractivity contribution >= 4 is 5.97 Å². The number of methoxy groups -OCH3 is 1. The maximum atomic E-state index is 11.2. The molecule has 1 fully saturated rings. The number of aromatic carboxylic acids is 1. The molecule has 2 aromatic rings. The molecule has 102 valence electrons. The average molecular weight is 272 g/mol. The highest BCUT2D eigenvalue weighted by Crippen LogP contribution is 2.40. The molecule has 0 unspecified atom stereocenters. The van der Waals surface area contributed by atoms with Gasteiger partial charge in [-0.3, -0.25) is 0 Å². The molecule has 1 N–H and O–H groups in total. The van der Waals surface area contributed by atoms with Crippen molar-refractivity contribution in [1.82, 2.24) is 19.9 Å². The quantitative estimate of drug-likeness (QED) is 0.900. The number of ether oxygens (including phenoxy) is 1. The summed E-state index contributed by atoms with van der Waals surface area (Å²) < 4.78 is 5.03. The minimum atomic E-state index is -1.00. The van der Waals surface area contributed by atoms with E-state index in [0.29, 0.717) is 23.1 Å². The summed E-state index contributed by atoms with van der Waals surface area (Å²) in [5, 5.41) is 9.16. The van der Waals surface area contributed by atoms with E-state index in [1.54, 1.807) is 6.07 Å². The highest BCUT2D eigenvalue weighted by atomic mass is 16.5. The van der Waals surface area contributed by atoms with E-state index >= 15 is 0 Å². The second kappa shape index (κ2) is 4.84. The third kappa shape index (κ3) is 2.29. The summed E-state index contributed by atoms with van der Waals surface area (Å²) in [5.74, 6) is 0.0109. The lowest BCUT2D eigenvalue weighted by atomic mass is 10.1. The Hall–Kier alpha value is -2.57. The van der Waals surface area contributed by atoms with E-state index in [2.05, 4.69) is 19.9 Å². The smallest absolute Gasteiger partial charge is 0.339 e. The van der Waals surface area contributed by atoms with E-state index in [1.165, 1.54) is 19.6 Å². The van der Waals surface area contributed by atoms with Gasteiger partial charge in [-0.25, -0.2) is 24.7 Å². The fourth-order valence-electron chi connectivity index (χ4n) is 1.92. The molecule has 1 aliphatic rings. The van der Waals surface area contributed by atoms with Gasteiger partial charge in [0.05, 0.1) is 18.4 Å². The lowest BCUT2D eigenvalue weighted by Crippen LogP contribution is -2.07. The topological polar surface area (TPSA) is 98.1 Å². The molecule has 1 aliphatic carbocycles. The molecule has 0 bridgehead atoms. The van der Waals surface area contributed by atoms with Crippen LogP contribution in [0.2, 0.25) is 0 Å². The Kier molecular flexibility index (Phi) is 3.02. The van der Waals surface area contributed by atoms with E-state index < -0.39 is 5.97 Å². The summed E-state index contributed by atoms with van der Waals surface area (Å²) in [6, 6.07) is 1.62. The molecule has 3 rings (SSSR count). The van der Waals surface area contributed by atoms with Crippen LogP contribution in [0.15, 0.2) is 18.6 Å². The molecule has 0 aliphatic heterocycles. The SMILES string of the molecule is COc1cc(-c2ncc(C(=O)O)c(C3CC3)n2)ncn1. The normalized spacial score (nSPS) is 14.1. The first kappa shape index (κ1) is 12.5. The number of carbonyl (C=O) groups is 1. The molecular weight excluding hydrogens is 260 g/mol. The van der Waals surface area contributed by atoms with Crippen molar-refractivity contribution in [2.75, 3.05) is 7.11 Å². The maximum absolute atomic E-state index is 11.2. The highest BCUT2D eigenvalue weighted by molar-refractivity contribution is 5.89. The Morgan fingerprint density at radius 1 is 1.35 bits per heavy atom. The van der Waals surface area contributed by atoms with Crippen molar-refractivity contribution in [2.24, 2.45) is 0 Å². The van der Waals surface area contributed by atoms with Crippen molar-refractivity contribution in [2.45, 2.75) is 18.8 Å². The second-order valence-electron chi connectivity index (χ2n) is 4.52. The number of aromatic nitrogens is 4. The first-order valence-corrected chi connectivity index (χ1v) is 6.15. The van der Waals surface area contributed by atoms with Crippen LogP contribution in [-0.4, -0.2) is 38.1 Å². The number of hydrogen-bond acceptors (Lipinski definition) is 6. The van der Waals surface area contributed by atoms with Gasteiger partial charge in [0, 0.05) is 18.2 Å². The Morgan fingerprint density at radius 3 is 2.80 bits per heavy atom. The van der Waals surface area contributed by atoms with Gasteiger partial charge in [-0.05, 0) is 12.8 Å². The number of nitrogens with zero attached hydrogens (tertiary/aromatic N) is 4. The van der Waals surface area contributed by atoms with Crippen molar-refractivity contribution in [1.29, 1.82) is 0 Å². The van der Waals surface area contributed by atoms with Crippen LogP contribution in [0.3, 0.4) is 0 Å². The van der Waals surface area contributed by atoms with E-state index in [4.69, 9.17) is 9.84 Å². The molecule has 7 heteroatoms. The summed E-state index contributed by atoms with van der Waals surface area (Å²) in [6.45, 7) is 0. The fraction of sp³-hybridized carbons (Fsp3) is 0.308. The van der Waals surface area contributed by atoms with Gasteiger partial charge in [0.25, 0.3) is 0 Å². The lowest BCUT2D eigenvalue weighted by Gasteiger charge is -2.06. The summed E-state index contributed by atoms with van der Waals surface area (Å²) in [6.07, 6.45) is 4.62. The monoisotopic (exact) mass is 272 g/mol. The largest absolute Gasteiger partial charge is 0.481 e. The Morgan fingerprint density at radius 2 is 2.15 bits per heavy atom. The summed E-state index contributed by atoms with van der Waals surface area (Å²) >= 11 is 0. The average Bonchev–Trinajstić information content (AvgIpc) is 3.31. The Balaban J connectivity index is 2.05. The van der Waals surface area contributed by atoms with E-state index in [1.807, 2.05) is 0 Å². The molecule has 0 atom stereocenters. The van der Waals surface area contributed by atoms with E-state index in [-0.39, 0.29) is 11.5 Å². The summed E-state index contributed by atoms with van der Waals surface area (Å²) in [4.78, 5) is 27.6. The van der Waals surface area contributed by atoms with Crippen molar-refractivity contribution in [3.8, 4) is 17.4 Å². The molecule has 0 radical (unpaired) electrons. The van der Waals surface area contributed by atoms with E-state index in [0.717, 1.165) is 12.8 Å². The first-order valence-electron chi connectivity index (χ1n) is 6.15. The number of carboxylic acids is 1. The molecule has 1 saturated carbocycles. The van der Waals surface area contributed by atoms with Crippen LogP contribution in [0.5, 0.6) is 5.88 Å². The Bertz CT molecular complexity index is 670. The van der Waals surface area contributed by atoms with E-state index in [9.17, 15) is 4.79 Å². The second-order valence-corrected chi connectivity index (χ2v) is 4.52. The molecular formula is C13H12N4O3. The predicted molar refractivity (Wildman–Crippen MR) is 68.5 cm³/mol. The number of rotatable bonds is 4. The van der Waals surface area contributed by atoms with Gasteiger partial charge in [-0.2, -0.15) is 0 Å². The molecule has 0 saturated heterocycles. The van der Waals surface area contributed by atoms with Crippen molar-refractivity contribution in [3.05, 3.63) is 29.8 Å². The van der Waals surface area contributed by atoms with Crippen LogP contribution < -0.4 is 4.74 Å². The molecule has 2 heterocycles. The third-order valence-electron chi connectivity index (χ3n) is 3.09. The van der Waals surface area contributed by atoms with Gasteiger partial charge in [0.1, 0.15) is 12.0 Å². The zero-order chi connectivity index (χ0) is 14.1. The first-order chi connectivity index (χ1) is 9.69. The molecule has 0 amide bonds. The van der Waals surface area contributed by atoms with Gasteiger partial charge in [-0.1, -0.05) is 0 Å². The van der Waals surface area contributed by atoms with Crippen LogP contribution in [0, 0.1) is 0 Å². The Labute approximate surface area is 114 Å². The van der Waals surface area contributed by atoms with Crippen LogP contribution in [0.4, 0.5) is 0 Å². The van der Waals surface area contributed by atoms with Crippen molar-refractivity contribution < 1.29 is 14.6 Å². The zero-order valence-corrected chi connectivity index (χ0v) is 10.8. The molecule has 0 aromatic carbocycles. The van der Waals surface area contributed by atoms with Crippen LogP contribution in [0.1, 0.15) is 34.8 Å². The van der Waals surface area contributed by atoms with Crippen molar-refractivity contribution in [3.63, 3.8) is 0 Å². The minimum absolute atomic E-state index is 0.164. The third-order valence-corrected chi connectivity index (χ3v) is 3.09. The molecule has 7 nitrogen and oxygen atoms in total. The van der Waals surface area contributed by atoms with Crippen LogP contribution in [-0.2, 0) is 0 Å². The molecule has 2 aromatic heterocycles. The summed E-state index contributed by atoms with van der Waals surface area (Å²) in [5.41, 5.74) is 1.26. The van der Waals surface area contributed by atoms with Gasteiger partial charge in [0.2, 0.25) is 5.88 Å². The van der Waals surface area contributed by atoms with Gasteiger partial charge >= 0.3 is 5.97 Å².